The van der Waals surface area contributed by atoms with Crippen molar-refractivity contribution in [2.75, 3.05) is 46.5 Å². The Morgan fingerprint density at radius 2 is 1.94 bits per heavy atom. The molecule has 0 bridgehead atoms. The third-order valence-corrected chi connectivity index (χ3v) is 6.10. The lowest BCUT2D eigenvalue weighted by Gasteiger charge is -2.29. The summed E-state index contributed by atoms with van der Waals surface area (Å²) in [5.74, 6) is 0.426. The number of amides is 1. The monoisotopic (exact) mass is 422 g/mol. The number of hydrogen-bond donors (Lipinski definition) is 1. The van der Waals surface area contributed by atoms with Crippen LogP contribution in [0.1, 0.15) is 27.7 Å². The van der Waals surface area contributed by atoms with E-state index in [0.717, 1.165) is 38.4 Å². The van der Waals surface area contributed by atoms with Crippen molar-refractivity contribution >= 4 is 16.9 Å². The zero-order chi connectivity index (χ0) is 21.4. The van der Waals surface area contributed by atoms with Gasteiger partial charge in [-0.05, 0) is 29.8 Å². The van der Waals surface area contributed by atoms with E-state index in [9.17, 15) is 9.59 Å². The summed E-state index contributed by atoms with van der Waals surface area (Å²) in [6.07, 6.45) is 3.35. The third kappa shape index (κ3) is 3.47. The Morgan fingerprint density at radius 1 is 1.16 bits per heavy atom. The average Bonchev–Trinajstić information content (AvgIpc) is 3.10. The molecule has 0 aliphatic carbocycles. The van der Waals surface area contributed by atoms with Gasteiger partial charge in [-0.3, -0.25) is 14.6 Å². The van der Waals surface area contributed by atoms with Crippen LogP contribution in [0.3, 0.4) is 0 Å². The number of aromatic nitrogens is 1. The lowest BCUT2D eigenvalue weighted by atomic mass is 9.99. The number of nitrogens with zero attached hydrogens (tertiary/aromatic N) is 2. The summed E-state index contributed by atoms with van der Waals surface area (Å²) < 4.78 is 16.7. The van der Waals surface area contributed by atoms with Gasteiger partial charge in [-0.2, -0.15) is 0 Å². The van der Waals surface area contributed by atoms with Gasteiger partial charge in [-0.1, -0.05) is 0 Å². The molecule has 0 saturated carbocycles. The lowest BCUT2D eigenvalue weighted by Crippen LogP contribution is -3.14. The van der Waals surface area contributed by atoms with Crippen molar-refractivity contribution in [2.45, 2.75) is 6.04 Å². The van der Waals surface area contributed by atoms with Crippen LogP contribution in [-0.4, -0.2) is 62.3 Å². The van der Waals surface area contributed by atoms with E-state index >= 15 is 0 Å². The number of ether oxygens (including phenoxy) is 2. The Hall–Kier alpha value is -3.23. The molecular formula is C23H24N3O5+. The molecule has 1 amide bonds. The highest BCUT2D eigenvalue weighted by Crippen LogP contribution is 2.37. The van der Waals surface area contributed by atoms with E-state index in [1.54, 1.807) is 42.6 Å². The maximum absolute atomic E-state index is 13.5. The molecule has 31 heavy (non-hydrogen) atoms. The second-order valence-electron chi connectivity index (χ2n) is 7.83. The topological polar surface area (TPSA) is 86.3 Å². The molecule has 8 nitrogen and oxygen atoms in total. The van der Waals surface area contributed by atoms with E-state index in [1.165, 1.54) is 4.90 Å². The molecule has 2 aliphatic heterocycles. The minimum atomic E-state index is -0.492. The number of carbonyl (C=O) groups is 1. The Morgan fingerprint density at radius 3 is 2.68 bits per heavy atom. The molecule has 0 spiro atoms. The van der Waals surface area contributed by atoms with Gasteiger partial charge in [0.1, 0.15) is 24.4 Å². The number of hydrogen-bond acceptors (Lipinski definition) is 6. The predicted octanol–water partition coefficient (Wildman–Crippen LogP) is 0.657. The summed E-state index contributed by atoms with van der Waals surface area (Å²) in [5, 5.41) is 0.437. The Kier molecular flexibility index (Phi) is 5.17. The number of methoxy groups -OCH3 is 1. The van der Waals surface area contributed by atoms with Gasteiger partial charge in [-0.15, -0.1) is 0 Å². The molecule has 0 radical (unpaired) electrons. The number of benzene rings is 1. The Labute approximate surface area is 179 Å². The van der Waals surface area contributed by atoms with Crippen LogP contribution in [0, 0.1) is 0 Å². The molecule has 4 heterocycles. The molecule has 8 heteroatoms. The van der Waals surface area contributed by atoms with Crippen LogP contribution in [0.15, 0.2) is 51.9 Å². The molecule has 1 N–H and O–H groups in total. The van der Waals surface area contributed by atoms with E-state index in [1.807, 2.05) is 12.1 Å². The molecule has 2 aliphatic rings. The maximum Gasteiger partial charge on any atom is 0.291 e. The van der Waals surface area contributed by atoms with Crippen molar-refractivity contribution in [3.63, 3.8) is 0 Å². The SMILES string of the molecule is COc1ccc2c(=O)c3c(oc2c1)C(=O)N(CC[NH+]1CCOCC1)[C@H]3c1ccncc1. The summed E-state index contributed by atoms with van der Waals surface area (Å²) >= 11 is 0. The second kappa shape index (κ2) is 8.13. The number of nitrogens with one attached hydrogen (secondary N) is 1. The van der Waals surface area contributed by atoms with Gasteiger partial charge in [0.15, 0.2) is 5.43 Å². The Balaban J connectivity index is 1.59. The van der Waals surface area contributed by atoms with Gasteiger partial charge in [-0.25, -0.2) is 0 Å². The van der Waals surface area contributed by atoms with E-state index in [-0.39, 0.29) is 17.1 Å². The minimum Gasteiger partial charge on any atom is -0.497 e. The fourth-order valence-electron chi connectivity index (χ4n) is 4.44. The number of morpholine rings is 1. The average molecular weight is 422 g/mol. The molecule has 1 saturated heterocycles. The first-order valence-corrected chi connectivity index (χ1v) is 10.4. The summed E-state index contributed by atoms with van der Waals surface area (Å²) in [6, 6.07) is 8.26. The summed E-state index contributed by atoms with van der Waals surface area (Å²) in [7, 11) is 1.55. The zero-order valence-corrected chi connectivity index (χ0v) is 17.3. The summed E-state index contributed by atoms with van der Waals surface area (Å²) in [5.41, 5.74) is 1.41. The van der Waals surface area contributed by atoms with Crippen LogP contribution in [0.4, 0.5) is 0 Å². The molecule has 160 valence electrons. The van der Waals surface area contributed by atoms with Crippen LogP contribution in [0.2, 0.25) is 0 Å². The van der Waals surface area contributed by atoms with E-state index in [2.05, 4.69) is 4.98 Å². The van der Waals surface area contributed by atoms with Gasteiger partial charge in [0.25, 0.3) is 5.91 Å². The molecule has 2 aromatic heterocycles. The van der Waals surface area contributed by atoms with Crippen molar-refractivity contribution in [3.05, 3.63) is 69.8 Å². The minimum absolute atomic E-state index is 0.115. The third-order valence-electron chi connectivity index (χ3n) is 6.10. The second-order valence-corrected chi connectivity index (χ2v) is 7.83. The normalized spacial score (nSPS) is 19.1. The highest BCUT2D eigenvalue weighted by molar-refractivity contribution is 5.99. The molecule has 1 aromatic carbocycles. The number of carbonyl (C=O) groups excluding carboxylic acids is 1. The lowest BCUT2D eigenvalue weighted by molar-refractivity contribution is -0.907. The fraction of sp³-hybridized carbons (Fsp3) is 0.348. The highest BCUT2D eigenvalue weighted by atomic mass is 16.5. The van der Waals surface area contributed by atoms with Gasteiger partial charge in [0.2, 0.25) is 5.76 Å². The van der Waals surface area contributed by atoms with Crippen LogP contribution in [0.25, 0.3) is 11.0 Å². The number of fused-ring (bicyclic) bond motifs is 2. The molecular weight excluding hydrogens is 398 g/mol. The predicted molar refractivity (Wildman–Crippen MR) is 113 cm³/mol. The van der Waals surface area contributed by atoms with Crippen molar-refractivity contribution in [3.8, 4) is 5.75 Å². The van der Waals surface area contributed by atoms with Crippen LogP contribution >= 0.6 is 0 Å². The van der Waals surface area contributed by atoms with Crippen LogP contribution in [-0.2, 0) is 4.74 Å². The molecule has 1 fully saturated rings. The number of pyridine rings is 1. The van der Waals surface area contributed by atoms with Gasteiger partial charge >= 0.3 is 0 Å². The van der Waals surface area contributed by atoms with Crippen molar-refractivity contribution in [1.82, 2.24) is 9.88 Å². The molecule has 5 rings (SSSR count). The summed E-state index contributed by atoms with van der Waals surface area (Å²) in [6.45, 7) is 4.58. The van der Waals surface area contributed by atoms with E-state index < -0.39 is 6.04 Å². The van der Waals surface area contributed by atoms with E-state index in [0.29, 0.717) is 28.8 Å². The first-order valence-electron chi connectivity index (χ1n) is 10.4. The summed E-state index contributed by atoms with van der Waals surface area (Å²) in [4.78, 5) is 34.1. The van der Waals surface area contributed by atoms with Crippen LogP contribution < -0.4 is 15.1 Å². The van der Waals surface area contributed by atoms with Crippen molar-refractivity contribution in [2.24, 2.45) is 0 Å². The first-order chi connectivity index (χ1) is 15.2. The van der Waals surface area contributed by atoms with Crippen LogP contribution in [0.5, 0.6) is 5.75 Å². The zero-order valence-electron chi connectivity index (χ0n) is 17.3. The quantitative estimate of drug-likeness (QED) is 0.650. The van der Waals surface area contributed by atoms with Gasteiger partial charge < -0.3 is 23.7 Å². The van der Waals surface area contributed by atoms with E-state index in [4.69, 9.17) is 13.9 Å². The van der Waals surface area contributed by atoms with Crippen molar-refractivity contribution in [1.29, 1.82) is 0 Å². The molecule has 3 aromatic rings. The fourth-order valence-corrected chi connectivity index (χ4v) is 4.44. The van der Waals surface area contributed by atoms with Gasteiger partial charge in [0.05, 0.1) is 50.4 Å². The highest BCUT2D eigenvalue weighted by Gasteiger charge is 2.43. The first kappa shape index (κ1) is 19.7. The number of rotatable bonds is 5. The smallest absolute Gasteiger partial charge is 0.291 e. The largest absolute Gasteiger partial charge is 0.497 e. The number of quaternary nitrogens is 1. The van der Waals surface area contributed by atoms with Gasteiger partial charge in [0, 0.05) is 18.5 Å². The standard InChI is InChI=1S/C23H23N3O5/c1-29-16-2-3-17-18(14-16)31-22-19(21(17)27)20(15-4-6-24-7-5-15)26(23(22)28)9-8-25-10-12-30-13-11-25/h2-7,14,20H,8-13H2,1H3/p+1/t20-/m0/s1. The van der Waals surface area contributed by atoms with Crippen molar-refractivity contribution < 1.29 is 23.6 Å². The molecule has 0 unspecified atom stereocenters. The molecule has 1 atom stereocenters. The maximum atomic E-state index is 13.5. The Bertz CT molecular complexity index is 1170.